The van der Waals surface area contributed by atoms with E-state index in [9.17, 15) is 13.2 Å². The molecule has 1 fully saturated rings. The summed E-state index contributed by atoms with van der Waals surface area (Å²) in [5, 5.41) is 0. The zero-order valence-corrected chi connectivity index (χ0v) is 17.0. The number of benzene rings is 2. The van der Waals surface area contributed by atoms with Crippen molar-refractivity contribution in [2.45, 2.75) is 43.9 Å². The first-order valence-electron chi connectivity index (χ1n) is 9.93. The van der Waals surface area contributed by atoms with Gasteiger partial charge in [0.2, 0.25) is 15.9 Å². The predicted octanol–water partition coefficient (Wildman–Crippen LogP) is 3.21. The molecule has 1 heterocycles. The van der Waals surface area contributed by atoms with Crippen molar-refractivity contribution in [3.05, 3.63) is 59.2 Å². The van der Waals surface area contributed by atoms with E-state index in [0.29, 0.717) is 19.5 Å². The van der Waals surface area contributed by atoms with Crippen LogP contribution < -0.4 is 9.62 Å². The van der Waals surface area contributed by atoms with E-state index < -0.39 is 10.0 Å². The lowest BCUT2D eigenvalue weighted by molar-refractivity contribution is -0.119. The van der Waals surface area contributed by atoms with Gasteiger partial charge in [0.1, 0.15) is 0 Å². The number of aryl methyl sites for hydroxylation is 2. The summed E-state index contributed by atoms with van der Waals surface area (Å²) in [6.07, 6.45) is 4.25. The van der Waals surface area contributed by atoms with Gasteiger partial charge in [0, 0.05) is 24.7 Å². The van der Waals surface area contributed by atoms with Crippen LogP contribution in [-0.2, 0) is 27.7 Å². The van der Waals surface area contributed by atoms with E-state index in [1.807, 2.05) is 4.90 Å². The summed E-state index contributed by atoms with van der Waals surface area (Å²) in [6.45, 7) is 3.10. The maximum absolute atomic E-state index is 12.6. The van der Waals surface area contributed by atoms with Gasteiger partial charge in [-0.05, 0) is 68.4 Å². The van der Waals surface area contributed by atoms with E-state index in [4.69, 9.17) is 0 Å². The van der Waals surface area contributed by atoms with Gasteiger partial charge >= 0.3 is 0 Å². The Hall–Kier alpha value is -2.18. The van der Waals surface area contributed by atoms with Gasteiger partial charge in [-0.1, -0.05) is 29.8 Å². The standard InChI is InChI=1S/C22H26N2O3S/c1-16-4-6-17(7-5-16)3-2-13-23-28(26,27)20-10-11-21-19(15-20)12-14-24(21)22(25)18-8-9-18/h4-7,10-11,15,18,23H,2-3,8-9,12-14H2,1H3. The number of carbonyl (C=O) groups excluding carboxylic acids is 1. The van der Waals surface area contributed by atoms with Crippen LogP contribution in [0.1, 0.15) is 36.0 Å². The molecule has 1 amide bonds. The quantitative estimate of drug-likeness (QED) is 0.729. The van der Waals surface area contributed by atoms with Crippen LogP contribution in [0.5, 0.6) is 0 Å². The minimum absolute atomic E-state index is 0.171. The minimum Gasteiger partial charge on any atom is -0.312 e. The average molecular weight is 399 g/mol. The van der Waals surface area contributed by atoms with Gasteiger partial charge in [0.05, 0.1) is 4.90 Å². The van der Waals surface area contributed by atoms with Crippen LogP contribution >= 0.6 is 0 Å². The minimum atomic E-state index is -3.54. The van der Waals surface area contributed by atoms with Crippen molar-refractivity contribution in [2.75, 3.05) is 18.0 Å². The molecule has 6 heteroatoms. The lowest BCUT2D eigenvalue weighted by atomic mass is 10.1. The molecule has 1 aliphatic carbocycles. The molecule has 0 atom stereocenters. The molecule has 2 aliphatic rings. The molecule has 0 bridgehead atoms. The Labute approximate surface area is 166 Å². The monoisotopic (exact) mass is 398 g/mol. The topological polar surface area (TPSA) is 66.5 Å². The van der Waals surface area contributed by atoms with Gasteiger partial charge < -0.3 is 4.90 Å². The summed E-state index contributed by atoms with van der Waals surface area (Å²) in [6, 6.07) is 13.4. The lowest BCUT2D eigenvalue weighted by Crippen LogP contribution is -2.30. The number of nitrogens with one attached hydrogen (secondary N) is 1. The van der Waals surface area contributed by atoms with Crippen LogP contribution in [0.15, 0.2) is 47.4 Å². The molecule has 0 spiro atoms. The second kappa shape index (κ2) is 7.68. The molecule has 0 unspecified atom stereocenters. The second-order valence-corrected chi connectivity index (χ2v) is 9.56. The van der Waals surface area contributed by atoms with Crippen molar-refractivity contribution in [1.29, 1.82) is 0 Å². The third-order valence-corrected chi connectivity index (χ3v) is 6.96. The van der Waals surface area contributed by atoms with Crippen LogP contribution in [0.2, 0.25) is 0 Å². The number of rotatable bonds is 7. The largest absolute Gasteiger partial charge is 0.312 e. The van der Waals surface area contributed by atoms with Crippen LogP contribution in [0, 0.1) is 12.8 Å². The number of hydrogen-bond acceptors (Lipinski definition) is 3. The molecule has 1 N–H and O–H groups in total. The van der Waals surface area contributed by atoms with Gasteiger partial charge in [0.25, 0.3) is 0 Å². The first-order chi connectivity index (χ1) is 13.4. The Morgan fingerprint density at radius 1 is 1.14 bits per heavy atom. The number of sulfonamides is 1. The fourth-order valence-corrected chi connectivity index (χ4v) is 4.79. The van der Waals surface area contributed by atoms with Crippen molar-refractivity contribution < 1.29 is 13.2 Å². The highest BCUT2D eigenvalue weighted by atomic mass is 32.2. The summed E-state index contributed by atoms with van der Waals surface area (Å²) in [5.74, 6) is 0.355. The fraction of sp³-hybridized carbons (Fsp3) is 0.409. The van der Waals surface area contributed by atoms with Crippen LogP contribution in [-0.4, -0.2) is 27.4 Å². The SMILES string of the molecule is Cc1ccc(CCCNS(=O)(=O)c2ccc3c(c2)CCN3C(=O)C2CC2)cc1. The summed E-state index contributed by atoms with van der Waals surface area (Å²) < 4.78 is 28.0. The zero-order chi connectivity index (χ0) is 19.7. The van der Waals surface area contributed by atoms with Crippen molar-refractivity contribution in [3.63, 3.8) is 0 Å². The van der Waals surface area contributed by atoms with E-state index >= 15 is 0 Å². The smallest absolute Gasteiger partial charge is 0.240 e. The molecule has 2 aromatic carbocycles. The third-order valence-electron chi connectivity index (χ3n) is 5.50. The van der Waals surface area contributed by atoms with E-state index in [0.717, 1.165) is 36.9 Å². The summed E-state index contributed by atoms with van der Waals surface area (Å²) in [7, 11) is -3.54. The molecular weight excluding hydrogens is 372 g/mol. The van der Waals surface area contributed by atoms with Gasteiger partial charge in [-0.25, -0.2) is 13.1 Å². The molecule has 4 rings (SSSR count). The molecule has 0 aromatic heterocycles. The molecule has 1 saturated carbocycles. The molecule has 148 valence electrons. The number of carbonyl (C=O) groups is 1. The Bertz CT molecular complexity index is 979. The molecule has 28 heavy (non-hydrogen) atoms. The Morgan fingerprint density at radius 2 is 1.89 bits per heavy atom. The molecule has 2 aromatic rings. The predicted molar refractivity (Wildman–Crippen MR) is 110 cm³/mol. The van der Waals surface area contributed by atoms with Crippen LogP contribution in [0.25, 0.3) is 0 Å². The van der Waals surface area contributed by atoms with Crippen molar-refractivity contribution in [3.8, 4) is 0 Å². The highest BCUT2D eigenvalue weighted by molar-refractivity contribution is 7.89. The molecule has 0 radical (unpaired) electrons. The number of amides is 1. The van der Waals surface area contributed by atoms with Gasteiger partial charge in [-0.3, -0.25) is 4.79 Å². The van der Waals surface area contributed by atoms with Gasteiger partial charge in [-0.2, -0.15) is 0 Å². The number of anilines is 1. The van der Waals surface area contributed by atoms with Gasteiger partial charge in [-0.15, -0.1) is 0 Å². The van der Waals surface area contributed by atoms with Gasteiger partial charge in [0.15, 0.2) is 0 Å². The first-order valence-corrected chi connectivity index (χ1v) is 11.4. The summed E-state index contributed by atoms with van der Waals surface area (Å²) >= 11 is 0. The Morgan fingerprint density at radius 3 is 2.61 bits per heavy atom. The fourth-order valence-electron chi connectivity index (χ4n) is 3.66. The Kier molecular flexibility index (Phi) is 5.25. The lowest BCUT2D eigenvalue weighted by Gasteiger charge is -2.17. The normalized spacial score (nSPS) is 16.2. The van der Waals surface area contributed by atoms with Crippen molar-refractivity contribution in [2.24, 2.45) is 5.92 Å². The second-order valence-electron chi connectivity index (χ2n) is 7.79. The van der Waals surface area contributed by atoms with Crippen LogP contribution in [0.3, 0.4) is 0 Å². The maximum atomic E-state index is 12.6. The summed E-state index contributed by atoms with van der Waals surface area (Å²) in [5.41, 5.74) is 4.24. The zero-order valence-electron chi connectivity index (χ0n) is 16.1. The van der Waals surface area contributed by atoms with Crippen molar-refractivity contribution >= 4 is 21.6 Å². The van der Waals surface area contributed by atoms with E-state index in [2.05, 4.69) is 35.9 Å². The highest BCUT2D eigenvalue weighted by Crippen LogP contribution is 2.37. The highest BCUT2D eigenvalue weighted by Gasteiger charge is 2.36. The molecule has 0 saturated heterocycles. The molecule has 1 aliphatic heterocycles. The Balaban J connectivity index is 1.36. The van der Waals surface area contributed by atoms with E-state index in [1.165, 1.54) is 11.1 Å². The number of fused-ring (bicyclic) bond motifs is 1. The number of hydrogen-bond donors (Lipinski definition) is 1. The molecule has 5 nitrogen and oxygen atoms in total. The summed E-state index contributed by atoms with van der Waals surface area (Å²) in [4.78, 5) is 14.5. The average Bonchev–Trinajstić information content (AvgIpc) is 3.45. The van der Waals surface area contributed by atoms with Crippen LogP contribution in [0.4, 0.5) is 5.69 Å². The van der Waals surface area contributed by atoms with E-state index in [-0.39, 0.29) is 16.7 Å². The third kappa shape index (κ3) is 4.13. The maximum Gasteiger partial charge on any atom is 0.240 e. The molecular formula is C22H26N2O3S. The first kappa shape index (κ1) is 19.2. The van der Waals surface area contributed by atoms with Crippen molar-refractivity contribution in [1.82, 2.24) is 4.72 Å². The number of nitrogens with zero attached hydrogens (tertiary/aromatic N) is 1. The van der Waals surface area contributed by atoms with E-state index in [1.54, 1.807) is 18.2 Å².